The average molecular weight is 570 g/mol. The third-order valence-corrected chi connectivity index (χ3v) is 6.51. The number of carbonyl (C=O) groups is 1. The number of thioether (sulfide) groups is 1. The SMILES string of the molecule is COc1ccc(N=C2NC(=O)/C(=C\c3cc(Br)c(OCc4cccc([N+](=O)[O-])c4)c(OC)c3)S2)cc1. The molecule has 1 N–H and O–H groups in total. The van der Waals surface area contributed by atoms with Gasteiger partial charge in [0.05, 0.1) is 34.2 Å². The summed E-state index contributed by atoms with van der Waals surface area (Å²) in [6.45, 7) is 0.112. The first-order valence-electron chi connectivity index (χ1n) is 10.5. The van der Waals surface area contributed by atoms with Gasteiger partial charge in [-0.25, -0.2) is 4.99 Å². The lowest BCUT2D eigenvalue weighted by molar-refractivity contribution is -0.384. The Morgan fingerprint density at radius 3 is 2.58 bits per heavy atom. The standard InChI is InChI=1S/C25H20BrN3O6S/c1-33-19-8-6-17(7-9-19)27-25-28-24(30)22(36-25)13-16-11-20(26)23(21(12-16)34-2)35-14-15-4-3-5-18(10-15)29(31)32/h3-13H,14H2,1-2H3,(H,27,28,30)/b22-13+. The van der Waals surface area contributed by atoms with E-state index in [9.17, 15) is 14.9 Å². The number of amides is 1. The van der Waals surface area contributed by atoms with Gasteiger partial charge in [-0.05, 0) is 81.3 Å². The highest BCUT2D eigenvalue weighted by atomic mass is 79.9. The number of hydrogen-bond donors (Lipinski definition) is 1. The Morgan fingerprint density at radius 2 is 1.89 bits per heavy atom. The minimum absolute atomic E-state index is 0.00802. The lowest BCUT2D eigenvalue weighted by atomic mass is 10.1. The zero-order chi connectivity index (χ0) is 25.7. The number of nitro groups is 1. The number of halogens is 1. The molecule has 184 valence electrons. The van der Waals surface area contributed by atoms with Gasteiger partial charge in [0.2, 0.25) is 0 Å². The maximum absolute atomic E-state index is 12.5. The number of ether oxygens (including phenoxy) is 3. The molecule has 1 fully saturated rings. The van der Waals surface area contributed by atoms with Crippen molar-refractivity contribution in [3.63, 3.8) is 0 Å². The topological polar surface area (TPSA) is 112 Å². The molecule has 0 atom stereocenters. The molecule has 9 nitrogen and oxygen atoms in total. The zero-order valence-corrected chi connectivity index (χ0v) is 21.6. The summed E-state index contributed by atoms with van der Waals surface area (Å²) in [5, 5.41) is 14.2. The fourth-order valence-electron chi connectivity index (χ4n) is 3.28. The Morgan fingerprint density at radius 1 is 1.11 bits per heavy atom. The van der Waals surface area contributed by atoms with Crippen molar-refractivity contribution in [1.29, 1.82) is 0 Å². The van der Waals surface area contributed by atoms with Gasteiger partial charge in [-0.2, -0.15) is 0 Å². The maximum atomic E-state index is 12.5. The summed E-state index contributed by atoms with van der Waals surface area (Å²) in [4.78, 5) is 28.0. The van der Waals surface area contributed by atoms with Crippen molar-refractivity contribution in [1.82, 2.24) is 5.32 Å². The van der Waals surface area contributed by atoms with Gasteiger partial charge in [0.25, 0.3) is 11.6 Å². The summed E-state index contributed by atoms with van der Waals surface area (Å²) in [6, 6.07) is 17.0. The number of hydrogen-bond acceptors (Lipinski definition) is 8. The molecule has 4 rings (SSSR count). The molecule has 11 heteroatoms. The Hall–Kier alpha value is -3.83. The fourth-order valence-corrected chi connectivity index (χ4v) is 4.70. The Kier molecular flexibility index (Phi) is 7.91. The van der Waals surface area contributed by atoms with E-state index in [-0.39, 0.29) is 18.2 Å². The predicted octanol–water partition coefficient (Wildman–Crippen LogP) is 5.85. The van der Waals surface area contributed by atoms with Crippen LogP contribution in [0, 0.1) is 10.1 Å². The number of amidine groups is 1. The van der Waals surface area contributed by atoms with Gasteiger partial charge in [0, 0.05) is 12.1 Å². The van der Waals surface area contributed by atoms with Crippen molar-refractivity contribution in [3.05, 3.63) is 91.3 Å². The molecule has 1 saturated heterocycles. The lowest BCUT2D eigenvalue weighted by Gasteiger charge is -2.14. The van der Waals surface area contributed by atoms with Crippen LogP contribution in [0.5, 0.6) is 17.2 Å². The Labute approximate surface area is 219 Å². The van der Waals surface area contributed by atoms with E-state index in [1.807, 2.05) is 0 Å². The van der Waals surface area contributed by atoms with Crippen molar-refractivity contribution in [2.45, 2.75) is 6.61 Å². The molecule has 3 aromatic rings. The highest BCUT2D eigenvalue weighted by molar-refractivity contribution is 9.10. The third kappa shape index (κ3) is 6.04. The smallest absolute Gasteiger partial charge is 0.269 e. The molecule has 36 heavy (non-hydrogen) atoms. The molecule has 3 aromatic carbocycles. The van der Waals surface area contributed by atoms with Gasteiger partial charge >= 0.3 is 0 Å². The van der Waals surface area contributed by atoms with Gasteiger partial charge in [0.1, 0.15) is 12.4 Å². The van der Waals surface area contributed by atoms with Crippen LogP contribution in [0.15, 0.2) is 75.0 Å². The van der Waals surface area contributed by atoms with Crippen molar-refractivity contribution in [2.75, 3.05) is 14.2 Å². The van der Waals surface area contributed by atoms with Crippen molar-refractivity contribution >= 4 is 56.2 Å². The van der Waals surface area contributed by atoms with Gasteiger partial charge in [-0.1, -0.05) is 12.1 Å². The highest BCUT2D eigenvalue weighted by Gasteiger charge is 2.24. The number of nitrogens with one attached hydrogen (secondary N) is 1. The van der Waals surface area contributed by atoms with Crippen molar-refractivity contribution < 1.29 is 23.9 Å². The summed E-state index contributed by atoms with van der Waals surface area (Å²) < 4.78 is 17.1. The monoisotopic (exact) mass is 569 g/mol. The number of rotatable bonds is 8. The normalized spacial score (nSPS) is 15.1. The number of benzene rings is 3. The van der Waals surface area contributed by atoms with Crippen LogP contribution >= 0.6 is 27.7 Å². The van der Waals surface area contributed by atoms with Crippen LogP contribution in [-0.2, 0) is 11.4 Å². The van der Waals surface area contributed by atoms with Crippen LogP contribution in [0.1, 0.15) is 11.1 Å². The summed E-state index contributed by atoms with van der Waals surface area (Å²) in [5.41, 5.74) is 2.04. The molecule has 0 aromatic heterocycles. The molecular weight excluding hydrogens is 550 g/mol. The number of aliphatic imine (C=N–C) groups is 1. The summed E-state index contributed by atoms with van der Waals surface area (Å²) in [6.07, 6.45) is 1.73. The quantitative estimate of drug-likeness (QED) is 0.206. The molecule has 0 bridgehead atoms. The van der Waals surface area contributed by atoms with E-state index in [4.69, 9.17) is 14.2 Å². The molecule has 0 radical (unpaired) electrons. The van der Waals surface area contributed by atoms with Crippen LogP contribution in [-0.4, -0.2) is 30.2 Å². The highest BCUT2D eigenvalue weighted by Crippen LogP contribution is 2.39. The molecule has 1 aliphatic rings. The predicted molar refractivity (Wildman–Crippen MR) is 142 cm³/mol. The van der Waals surface area contributed by atoms with Gasteiger partial charge in [0.15, 0.2) is 16.7 Å². The van der Waals surface area contributed by atoms with E-state index in [2.05, 4.69) is 26.2 Å². The largest absolute Gasteiger partial charge is 0.497 e. The lowest BCUT2D eigenvalue weighted by Crippen LogP contribution is -2.19. The molecule has 0 saturated carbocycles. The van der Waals surface area contributed by atoms with Gasteiger partial charge < -0.3 is 19.5 Å². The van der Waals surface area contributed by atoms with Gasteiger partial charge in [-0.15, -0.1) is 0 Å². The van der Waals surface area contributed by atoms with E-state index in [0.29, 0.717) is 42.9 Å². The second kappa shape index (κ2) is 11.3. The number of nitro benzene ring substituents is 1. The molecule has 0 unspecified atom stereocenters. The number of carbonyl (C=O) groups excluding carboxylic acids is 1. The number of non-ortho nitro benzene ring substituents is 1. The van der Waals surface area contributed by atoms with Crippen LogP contribution in [0.3, 0.4) is 0 Å². The van der Waals surface area contributed by atoms with E-state index in [1.165, 1.54) is 31.0 Å². The maximum Gasteiger partial charge on any atom is 0.269 e. The summed E-state index contributed by atoms with van der Waals surface area (Å²) in [5.74, 6) is 1.35. The second-order valence-corrected chi connectivity index (χ2v) is 9.31. The second-order valence-electron chi connectivity index (χ2n) is 7.43. The summed E-state index contributed by atoms with van der Waals surface area (Å²) in [7, 11) is 3.10. The number of nitrogens with zero attached hydrogens (tertiary/aromatic N) is 2. The van der Waals surface area contributed by atoms with E-state index in [0.717, 1.165) is 5.75 Å². The minimum Gasteiger partial charge on any atom is -0.497 e. The molecular formula is C25H20BrN3O6S. The van der Waals surface area contributed by atoms with Crippen LogP contribution in [0.2, 0.25) is 0 Å². The molecule has 1 heterocycles. The number of methoxy groups -OCH3 is 2. The first-order chi connectivity index (χ1) is 17.4. The average Bonchev–Trinajstić information content (AvgIpc) is 3.21. The van der Waals surface area contributed by atoms with E-state index < -0.39 is 4.92 Å². The van der Waals surface area contributed by atoms with Crippen LogP contribution in [0.25, 0.3) is 6.08 Å². The first-order valence-corrected chi connectivity index (χ1v) is 12.1. The van der Waals surface area contributed by atoms with Gasteiger partial charge in [-0.3, -0.25) is 14.9 Å². The minimum atomic E-state index is -0.452. The van der Waals surface area contributed by atoms with Crippen molar-refractivity contribution in [2.24, 2.45) is 4.99 Å². The third-order valence-electron chi connectivity index (χ3n) is 5.01. The molecule has 1 aliphatic heterocycles. The molecule has 0 spiro atoms. The fraction of sp³-hybridized carbons (Fsp3) is 0.120. The van der Waals surface area contributed by atoms with Crippen LogP contribution < -0.4 is 19.5 Å². The Balaban J connectivity index is 1.51. The first kappa shape index (κ1) is 25.3. The Bertz CT molecular complexity index is 1370. The molecule has 1 amide bonds. The van der Waals surface area contributed by atoms with Crippen LogP contribution in [0.4, 0.5) is 11.4 Å². The molecule has 0 aliphatic carbocycles. The van der Waals surface area contributed by atoms with E-state index >= 15 is 0 Å². The summed E-state index contributed by atoms with van der Waals surface area (Å²) >= 11 is 4.73. The van der Waals surface area contributed by atoms with Crippen molar-refractivity contribution in [3.8, 4) is 17.2 Å². The van der Waals surface area contributed by atoms with E-state index in [1.54, 1.807) is 61.7 Å². The zero-order valence-electron chi connectivity index (χ0n) is 19.2.